The van der Waals surface area contributed by atoms with Gasteiger partial charge in [0.05, 0.1) is 0 Å². The highest BCUT2D eigenvalue weighted by atomic mass is 35.5. The van der Waals surface area contributed by atoms with E-state index in [1.54, 1.807) is 12.1 Å². The van der Waals surface area contributed by atoms with E-state index in [1.165, 1.54) is 12.1 Å². The number of carbonyl (C=O) groups is 1. The molecule has 1 aromatic carbocycles. The lowest BCUT2D eigenvalue weighted by Crippen LogP contribution is -2.14. The van der Waals surface area contributed by atoms with Gasteiger partial charge in [-0.3, -0.25) is 4.79 Å². The van der Waals surface area contributed by atoms with E-state index in [2.05, 4.69) is 15.7 Å². The molecule has 0 unspecified atom stereocenters. The molecule has 5 nitrogen and oxygen atoms in total. The van der Waals surface area contributed by atoms with Crippen molar-refractivity contribution in [3.05, 3.63) is 51.6 Å². The molecule has 0 atom stereocenters. The summed E-state index contributed by atoms with van der Waals surface area (Å²) in [4.78, 5) is 16.0. The number of halogens is 2. The summed E-state index contributed by atoms with van der Waals surface area (Å²) in [5.74, 6) is 5.24. The quantitative estimate of drug-likeness (QED) is 0.462. The average Bonchev–Trinajstić information content (AvgIpc) is 2.42. The third-order valence-corrected chi connectivity index (χ3v) is 3.23. The van der Waals surface area contributed by atoms with Gasteiger partial charge < -0.3 is 10.7 Å². The number of benzene rings is 1. The maximum absolute atomic E-state index is 12.1. The van der Waals surface area contributed by atoms with E-state index in [4.69, 9.17) is 29.0 Å². The summed E-state index contributed by atoms with van der Waals surface area (Å²) in [6.07, 6.45) is 0. The van der Waals surface area contributed by atoms with Crippen molar-refractivity contribution < 1.29 is 4.79 Å². The van der Waals surface area contributed by atoms with E-state index in [-0.39, 0.29) is 11.1 Å². The van der Waals surface area contributed by atoms with E-state index in [0.717, 1.165) is 5.56 Å². The predicted molar refractivity (Wildman–Crippen MR) is 81.2 cm³/mol. The number of pyridine rings is 1. The molecule has 104 valence electrons. The lowest BCUT2D eigenvalue weighted by molar-refractivity contribution is 0.102. The van der Waals surface area contributed by atoms with Crippen LogP contribution >= 0.6 is 23.2 Å². The number of amides is 1. The minimum Gasteiger partial charge on any atom is -0.322 e. The summed E-state index contributed by atoms with van der Waals surface area (Å²) in [5.41, 5.74) is 4.22. The third-order valence-electron chi connectivity index (χ3n) is 2.63. The number of nitrogens with two attached hydrogens (primary N) is 1. The molecule has 4 N–H and O–H groups in total. The van der Waals surface area contributed by atoms with Crippen molar-refractivity contribution >= 4 is 40.6 Å². The summed E-state index contributed by atoms with van der Waals surface area (Å²) >= 11 is 11.8. The van der Waals surface area contributed by atoms with Crippen LogP contribution in [0.5, 0.6) is 0 Å². The smallest absolute Gasteiger partial charge is 0.255 e. The van der Waals surface area contributed by atoms with Gasteiger partial charge in [0.2, 0.25) is 0 Å². The molecule has 0 spiro atoms. The molecule has 7 heteroatoms. The Hall–Kier alpha value is -1.82. The normalized spacial score (nSPS) is 10.2. The van der Waals surface area contributed by atoms with E-state index in [0.29, 0.717) is 22.1 Å². The number of hydrogen-bond acceptors (Lipinski definition) is 4. The molecular formula is C13H12Cl2N4O. The van der Waals surface area contributed by atoms with Gasteiger partial charge in [-0.05, 0) is 36.8 Å². The van der Waals surface area contributed by atoms with Crippen LogP contribution in [0, 0.1) is 6.92 Å². The molecule has 2 rings (SSSR count). The van der Waals surface area contributed by atoms with E-state index < -0.39 is 0 Å². The van der Waals surface area contributed by atoms with Crippen LogP contribution in [0.2, 0.25) is 10.2 Å². The van der Waals surface area contributed by atoms with Gasteiger partial charge >= 0.3 is 0 Å². The Balaban J connectivity index is 2.23. The number of anilines is 2. The summed E-state index contributed by atoms with van der Waals surface area (Å²) < 4.78 is 0. The Bertz CT molecular complexity index is 661. The molecule has 1 amide bonds. The second-order valence-electron chi connectivity index (χ2n) is 4.13. The Kier molecular flexibility index (Phi) is 4.44. The zero-order chi connectivity index (χ0) is 14.7. The molecule has 0 saturated carbocycles. The number of aromatic nitrogens is 1. The fourth-order valence-corrected chi connectivity index (χ4v) is 1.96. The molecule has 0 aliphatic heterocycles. The van der Waals surface area contributed by atoms with Crippen LogP contribution in [-0.4, -0.2) is 10.9 Å². The monoisotopic (exact) mass is 310 g/mol. The van der Waals surface area contributed by atoms with Crippen molar-refractivity contribution in [3.8, 4) is 0 Å². The number of nitrogens with one attached hydrogen (secondary N) is 2. The molecule has 1 heterocycles. The van der Waals surface area contributed by atoms with Crippen LogP contribution in [-0.2, 0) is 0 Å². The number of hydrazine groups is 1. The van der Waals surface area contributed by atoms with Gasteiger partial charge in [0.1, 0.15) is 11.0 Å². The Morgan fingerprint density at radius 2 is 2.00 bits per heavy atom. The van der Waals surface area contributed by atoms with Crippen LogP contribution in [0.4, 0.5) is 11.5 Å². The lowest BCUT2D eigenvalue weighted by Gasteiger charge is -2.08. The molecule has 0 radical (unpaired) electrons. The van der Waals surface area contributed by atoms with Crippen molar-refractivity contribution in [1.29, 1.82) is 0 Å². The van der Waals surface area contributed by atoms with Crippen LogP contribution in [0.3, 0.4) is 0 Å². The van der Waals surface area contributed by atoms with Gasteiger partial charge in [-0.2, -0.15) is 0 Å². The second kappa shape index (κ2) is 6.09. The Morgan fingerprint density at radius 1 is 1.25 bits per heavy atom. The summed E-state index contributed by atoms with van der Waals surface area (Å²) in [7, 11) is 0. The highest BCUT2D eigenvalue weighted by molar-refractivity contribution is 6.31. The predicted octanol–water partition coefficient (Wildman–Crippen LogP) is 3.23. The van der Waals surface area contributed by atoms with E-state index in [1.807, 2.05) is 13.0 Å². The zero-order valence-corrected chi connectivity index (χ0v) is 12.1. The van der Waals surface area contributed by atoms with Crippen molar-refractivity contribution in [2.45, 2.75) is 6.92 Å². The topological polar surface area (TPSA) is 80.0 Å². The molecule has 2 aromatic rings. The number of carbonyl (C=O) groups excluding carboxylic acids is 1. The summed E-state index contributed by atoms with van der Waals surface area (Å²) in [6.45, 7) is 1.88. The SMILES string of the molecule is Cc1ccc(NC(=O)c2cc(Cl)nc(NN)c2)cc1Cl. The second-order valence-corrected chi connectivity index (χ2v) is 4.92. The maximum atomic E-state index is 12.1. The van der Waals surface area contributed by atoms with Crippen molar-refractivity contribution in [2.75, 3.05) is 10.7 Å². The first-order valence-electron chi connectivity index (χ1n) is 5.71. The number of aryl methyl sites for hydroxylation is 1. The van der Waals surface area contributed by atoms with Crippen molar-refractivity contribution in [2.24, 2.45) is 5.84 Å². The van der Waals surface area contributed by atoms with Crippen LogP contribution in [0.25, 0.3) is 0 Å². The van der Waals surface area contributed by atoms with Crippen LogP contribution in [0.1, 0.15) is 15.9 Å². The first kappa shape index (κ1) is 14.6. The van der Waals surface area contributed by atoms with Crippen molar-refractivity contribution in [3.63, 3.8) is 0 Å². The molecule has 0 bridgehead atoms. The van der Waals surface area contributed by atoms with Gasteiger partial charge in [0.25, 0.3) is 5.91 Å². The number of hydrogen-bond donors (Lipinski definition) is 3. The van der Waals surface area contributed by atoms with Crippen LogP contribution < -0.4 is 16.6 Å². The van der Waals surface area contributed by atoms with Gasteiger partial charge in [-0.25, -0.2) is 10.8 Å². The minimum absolute atomic E-state index is 0.174. The molecule has 20 heavy (non-hydrogen) atoms. The molecular weight excluding hydrogens is 299 g/mol. The van der Waals surface area contributed by atoms with Gasteiger partial charge in [0.15, 0.2) is 0 Å². The third kappa shape index (κ3) is 3.39. The highest BCUT2D eigenvalue weighted by Gasteiger charge is 2.10. The molecule has 0 fully saturated rings. The molecule has 0 saturated heterocycles. The van der Waals surface area contributed by atoms with Gasteiger partial charge in [0, 0.05) is 16.3 Å². The Labute approximate surface area is 126 Å². The fourth-order valence-electron chi connectivity index (χ4n) is 1.58. The largest absolute Gasteiger partial charge is 0.322 e. The zero-order valence-electron chi connectivity index (χ0n) is 10.6. The van der Waals surface area contributed by atoms with Crippen LogP contribution in [0.15, 0.2) is 30.3 Å². The number of rotatable bonds is 3. The van der Waals surface area contributed by atoms with E-state index in [9.17, 15) is 4.79 Å². The minimum atomic E-state index is -0.328. The van der Waals surface area contributed by atoms with Crippen molar-refractivity contribution in [1.82, 2.24) is 4.98 Å². The average molecular weight is 311 g/mol. The van der Waals surface area contributed by atoms with E-state index >= 15 is 0 Å². The molecule has 0 aliphatic rings. The van der Waals surface area contributed by atoms with Gasteiger partial charge in [-0.15, -0.1) is 0 Å². The lowest BCUT2D eigenvalue weighted by atomic mass is 10.2. The van der Waals surface area contributed by atoms with Gasteiger partial charge in [-0.1, -0.05) is 29.3 Å². The molecule has 1 aromatic heterocycles. The number of nitrogen functional groups attached to an aromatic ring is 1. The fraction of sp³-hybridized carbons (Fsp3) is 0.0769. The maximum Gasteiger partial charge on any atom is 0.255 e. The standard InChI is InChI=1S/C13H12Cl2N4O/c1-7-2-3-9(6-10(7)14)17-13(20)8-4-11(15)18-12(5-8)19-16/h2-6H,16H2,1H3,(H,17,20)(H,18,19). The highest BCUT2D eigenvalue weighted by Crippen LogP contribution is 2.21. The molecule has 0 aliphatic carbocycles. The first-order valence-corrected chi connectivity index (χ1v) is 6.47. The summed E-state index contributed by atoms with van der Waals surface area (Å²) in [5, 5.41) is 3.48. The summed E-state index contributed by atoms with van der Waals surface area (Å²) in [6, 6.07) is 8.22. The Morgan fingerprint density at radius 3 is 2.65 bits per heavy atom. The number of nitrogens with zero attached hydrogens (tertiary/aromatic N) is 1. The first-order chi connectivity index (χ1) is 9.49.